The molecular weight excluding hydrogens is 425 g/mol. The normalized spacial score (nSPS) is 16.9. The molecule has 5 nitrogen and oxygen atoms in total. The van der Waals surface area contributed by atoms with Crippen molar-refractivity contribution in [2.24, 2.45) is 0 Å². The highest BCUT2D eigenvalue weighted by Crippen LogP contribution is 2.41. The van der Waals surface area contributed by atoms with Crippen LogP contribution >= 0.6 is 11.3 Å². The lowest BCUT2D eigenvalue weighted by Gasteiger charge is -2.20. The molecule has 0 radical (unpaired) electrons. The van der Waals surface area contributed by atoms with Gasteiger partial charge in [0.1, 0.15) is 23.6 Å². The van der Waals surface area contributed by atoms with E-state index in [4.69, 9.17) is 4.74 Å². The minimum absolute atomic E-state index is 0.175. The molecule has 3 aromatic rings. The van der Waals surface area contributed by atoms with E-state index in [1.807, 2.05) is 30.3 Å². The van der Waals surface area contributed by atoms with Crippen molar-refractivity contribution in [3.8, 4) is 16.2 Å². The molecule has 1 aliphatic heterocycles. The number of ether oxygens (including phenoxy) is 1. The van der Waals surface area contributed by atoms with Gasteiger partial charge in [-0.3, -0.25) is 4.79 Å². The summed E-state index contributed by atoms with van der Waals surface area (Å²) in [6, 6.07) is 15.3. The molecule has 2 unspecified atom stereocenters. The second-order valence-corrected chi connectivity index (χ2v) is 9.45. The zero-order valence-corrected chi connectivity index (χ0v) is 17.8. The Labute approximate surface area is 180 Å². The number of hydrogen-bond donors (Lipinski definition) is 1. The number of carbonyl (C=O) groups is 1. The average Bonchev–Trinajstić information content (AvgIpc) is 3.28. The van der Waals surface area contributed by atoms with Gasteiger partial charge in [0.25, 0.3) is 0 Å². The number of carboxylic acid groups (broad SMARTS) is 1. The summed E-state index contributed by atoms with van der Waals surface area (Å²) in [5.74, 6) is -1.26. The van der Waals surface area contributed by atoms with Crippen molar-refractivity contribution in [1.82, 2.24) is 4.31 Å². The zero-order valence-electron chi connectivity index (χ0n) is 16.2. The minimum Gasteiger partial charge on any atom is -0.486 e. The summed E-state index contributed by atoms with van der Waals surface area (Å²) in [5.41, 5.74) is 1.63. The Morgan fingerprint density at radius 1 is 1.27 bits per heavy atom. The third kappa shape index (κ3) is 4.03. The second-order valence-electron chi connectivity index (χ2n) is 6.90. The van der Waals surface area contributed by atoms with E-state index in [0.717, 1.165) is 15.3 Å². The predicted molar refractivity (Wildman–Crippen MR) is 114 cm³/mol. The standard InChI is InChI=1S/C22H20FNO4S2/c1-2-17(22(25)26)24-12-20-21(30(24)27)11-19(29-20)15-8-9-18(16(23)10-15)28-13-14-6-4-3-5-7-14/h3-11,17H,2,12-13H2,1H3,(H,25,26). The Bertz CT molecular complexity index is 1100. The lowest BCUT2D eigenvalue weighted by atomic mass is 10.1. The number of aliphatic carboxylic acids is 1. The number of rotatable bonds is 7. The molecule has 4 rings (SSSR count). The van der Waals surface area contributed by atoms with Gasteiger partial charge in [0, 0.05) is 16.3 Å². The summed E-state index contributed by atoms with van der Waals surface area (Å²) in [6.07, 6.45) is 0.374. The summed E-state index contributed by atoms with van der Waals surface area (Å²) < 4.78 is 34.4. The highest BCUT2D eigenvalue weighted by Gasteiger charge is 2.37. The van der Waals surface area contributed by atoms with Crippen molar-refractivity contribution < 1.29 is 23.2 Å². The van der Waals surface area contributed by atoms with Gasteiger partial charge in [-0.2, -0.15) is 0 Å². The summed E-state index contributed by atoms with van der Waals surface area (Å²) in [7, 11) is -1.53. The molecule has 0 saturated heterocycles. The van der Waals surface area contributed by atoms with Crippen LogP contribution < -0.4 is 4.74 Å². The fraction of sp³-hybridized carbons (Fsp3) is 0.227. The van der Waals surface area contributed by atoms with Crippen molar-refractivity contribution in [3.05, 3.63) is 70.9 Å². The van der Waals surface area contributed by atoms with Crippen LogP contribution in [0.5, 0.6) is 5.75 Å². The second kappa shape index (κ2) is 8.67. The first-order valence-electron chi connectivity index (χ1n) is 9.48. The van der Waals surface area contributed by atoms with Crippen LogP contribution in [0.4, 0.5) is 4.39 Å². The number of fused-ring (bicyclic) bond motifs is 1. The van der Waals surface area contributed by atoms with Crippen LogP contribution in [0.3, 0.4) is 0 Å². The topological polar surface area (TPSA) is 66.8 Å². The Hall–Kier alpha value is -2.55. The molecule has 0 spiro atoms. The van der Waals surface area contributed by atoms with Crippen LogP contribution in [-0.2, 0) is 28.9 Å². The Morgan fingerprint density at radius 2 is 2.03 bits per heavy atom. The highest BCUT2D eigenvalue weighted by atomic mass is 32.2. The van der Waals surface area contributed by atoms with E-state index in [0.29, 0.717) is 23.4 Å². The van der Waals surface area contributed by atoms with Crippen LogP contribution in [-0.4, -0.2) is 25.6 Å². The molecule has 1 aliphatic rings. The summed E-state index contributed by atoms with van der Waals surface area (Å²) in [6.45, 7) is 2.36. The van der Waals surface area contributed by atoms with E-state index < -0.39 is 28.8 Å². The Kier molecular flexibility index (Phi) is 5.99. The van der Waals surface area contributed by atoms with Gasteiger partial charge in [0.05, 0.1) is 4.90 Å². The summed E-state index contributed by atoms with van der Waals surface area (Å²) >= 11 is 1.41. The van der Waals surface area contributed by atoms with Gasteiger partial charge in [-0.1, -0.05) is 37.3 Å². The van der Waals surface area contributed by atoms with E-state index >= 15 is 0 Å². The molecule has 30 heavy (non-hydrogen) atoms. The minimum atomic E-state index is -1.53. The molecule has 1 N–H and O–H groups in total. The number of benzene rings is 2. The van der Waals surface area contributed by atoms with E-state index in [1.54, 1.807) is 25.1 Å². The van der Waals surface area contributed by atoms with Crippen LogP contribution in [0.1, 0.15) is 23.8 Å². The van der Waals surface area contributed by atoms with Crippen molar-refractivity contribution in [2.45, 2.75) is 37.4 Å². The molecule has 2 atom stereocenters. The number of hydrogen-bond acceptors (Lipinski definition) is 4. The van der Waals surface area contributed by atoms with Gasteiger partial charge in [-0.25, -0.2) is 12.9 Å². The zero-order chi connectivity index (χ0) is 21.3. The summed E-state index contributed by atoms with van der Waals surface area (Å²) in [5, 5.41) is 9.35. The third-order valence-corrected chi connectivity index (χ3v) is 7.79. The number of halogens is 1. The fourth-order valence-corrected chi connectivity index (χ4v) is 6.37. The first-order chi connectivity index (χ1) is 14.5. The van der Waals surface area contributed by atoms with Crippen LogP contribution in [0.25, 0.3) is 10.4 Å². The number of nitrogens with zero attached hydrogens (tertiary/aromatic N) is 1. The molecule has 0 amide bonds. The van der Waals surface area contributed by atoms with Gasteiger partial charge in [0.2, 0.25) is 0 Å². The maximum Gasteiger partial charge on any atom is 0.321 e. The molecule has 0 saturated carbocycles. The van der Waals surface area contributed by atoms with Crippen LogP contribution in [0.15, 0.2) is 59.5 Å². The largest absolute Gasteiger partial charge is 0.486 e. The smallest absolute Gasteiger partial charge is 0.321 e. The molecule has 1 aromatic heterocycles. The quantitative estimate of drug-likeness (QED) is 0.565. The van der Waals surface area contributed by atoms with Gasteiger partial charge in [-0.05, 0) is 41.8 Å². The fourth-order valence-electron chi connectivity index (χ4n) is 3.37. The van der Waals surface area contributed by atoms with Gasteiger partial charge in [-0.15, -0.1) is 11.3 Å². The number of thiophene rings is 1. The van der Waals surface area contributed by atoms with E-state index in [1.165, 1.54) is 21.7 Å². The van der Waals surface area contributed by atoms with Crippen molar-refractivity contribution in [3.63, 3.8) is 0 Å². The monoisotopic (exact) mass is 445 g/mol. The van der Waals surface area contributed by atoms with Crippen molar-refractivity contribution >= 4 is 28.3 Å². The maximum absolute atomic E-state index is 14.6. The average molecular weight is 446 g/mol. The lowest BCUT2D eigenvalue weighted by Crippen LogP contribution is -2.38. The lowest BCUT2D eigenvalue weighted by molar-refractivity contribution is -0.141. The van der Waals surface area contributed by atoms with Crippen molar-refractivity contribution in [1.29, 1.82) is 0 Å². The first-order valence-corrected chi connectivity index (χ1v) is 11.4. The van der Waals surface area contributed by atoms with E-state index in [9.17, 15) is 18.5 Å². The molecule has 0 aliphatic carbocycles. The van der Waals surface area contributed by atoms with Crippen LogP contribution in [0.2, 0.25) is 0 Å². The molecule has 8 heteroatoms. The van der Waals surface area contributed by atoms with E-state index in [-0.39, 0.29) is 12.4 Å². The third-order valence-electron chi connectivity index (χ3n) is 4.94. The Morgan fingerprint density at radius 3 is 2.67 bits per heavy atom. The SMILES string of the molecule is CCC(C(=O)O)N1Cc2sc(-c3ccc(OCc4ccccc4)c(F)c3)cc2S1=O. The molecular formula is C22H20FNO4S2. The summed E-state index contributed by atoms with van der Waals surface area (Å²) in [4.78, 5) is 13.7. The molecule has 0 fully saturated rings. The van der Waals surface area contributed by atoms with Crippen LogP contribution in [0, 0.1) is 5.82 Å². The molecule has 0 bridgehead atoms. The predicted octanol–water partition coefficient (Wildman–Crippen LogP) is 4.83. The molecule has 156 valence electrons. The first kappa shape index (κ1) is 20.7. The van der Waals surface area contributed by atoms with Gasteiger partial charge in [0.15, 0.2) is 11.6 Å². The van der Waals surface area contributed by atoms with Gasteiger partial charge >= 0.3 is 5.97 Å². The molecule has 2 aromatic carbocycles. The van der Waals surface area contributed by atoms with Gasteiger partial charge < -0.3 is 9.84 Å². The maximum atomic E-state index is 14.6. The van der Waals surface area contributed by atoms with Crippen molar-refractivity contribution in [2.75, 3.05) is 0 Å². The van der Waals surface area contributed by atoms with E-state index in [2.05, 4.69) is 0 Å². The highest BCUT2D eigenvalue weighted by molar-refractivity contribution is 7.83. The number of carboxylic acids is 1. The Balaban J connectivity index is 1.50. The molecule has 2 heterocycles.